The van der Waals surface area contributed by atoms with Crippen molar-refractivity contribution < 1.29 is 24.5 Å². The van der Waals surface area contributed by atoms with Gasteiger partial charge in [-0.2, -0.15) is 0 Å². The number of hydrogen-bond acceptors (Lipinski definition) is 4. The molecule has 0 heterocycles. The maximum atomic E-state index is 16.7. The lowest BCUT2D eigenvalue weighted by molar-refractivity contribution is -0.234. The van der Waals surface area contributed by atoms with Gasteiger partial charge in [0.2, 0.25) is 0 Å². The van der Waals surface area contributed by atoms with Gasteiger partial charge in [-0.3, -0.25) is 4.79 Å². The third-order valence-corrected chi connectivity index (χ3v) is 8.63. The molecule has 8 atom stereocenters. The molecule has 6 unspecified atom stereocenters. The number of hydrogen-bond donors (Lipinski definition) is 3. The Hall–Kier alpha value is -0.780. The molecule has 0 aromatic rings. The summed E-state index contributed by atoms with van der Waals surface area (Å²) in [5.41, 5.74) is -3.95. The average molecular weight is 352 g/mol. The summed E-state index contributed by atoms with van der Waals surface area (Å²) in [6.07, 6.45) is 1.62. The first-order valence-electron chi connectivity index (χ1n) is 9.50. The van der Waals surface area contributed by atoms with Crippen LogP contribution in [0, 0.1) is 22.7 Å². The van der Waals surface area contributed by atoms with Gasteiger partial charge in [0.1, 0.15) is 5.67 Å². The number of halogens is 1. The molecule has 3 fully saturated rings. The van der Waals surface area contributed by atoms with Gasteiger partial charge in [0.05, 0.1) is 17.8 Å². The Balaban J connectivity index is 1.86. The minimum absolute atomic E-state index is 0.0764. The second kappa shape index (κ2) is 4.93. The van der Waals surface area contributed by atoms with E-state index in [9.17, 15) is 20.1 Å². The van der Waals surface area contributed by atoms with E-state index in [-0.39, 0.29) is 31.0 Å². The van der Waals surface area contributed by atoms with E-state index in [2.05, 4.69) is 0 Å². The van der Waals surface area contributed by atoms with E-state index in [0.717, 1.165) is 0 Å². The molecule has 0 saturated heterocycles. The highest BCUT2D eigenvalue weighted by Crippen LogP contribution is 2.70. The van der Waals surface area contributed by atoms with Gasteiger partial charge >= 0.3 is 0 Å². The summed E-state index contributed by atoms with van der Waals surface area (Å²) in [5.74, 6) is -0.672. The molecule has 4 aliphatic carbocycles. The molecule has 0 aromatic heterocycles. The van der Waals surface area contributed by atoms with Gasteiger partial charge in [0.15, 0.2) is 5.78 Å². The molecule has 0 radical (unpaired) electrons. The van der Waals surface area contributed by atoms with E-state index in [4.69, 9.17) is 0 Å². The van der Waals surface area contributed by atoms with Gasteiger partial charge < -0.3 is 15.3 Å². The fourth-order valence-corrected chi connectivity index (χ4v) is 6.83. The maximum Gasteiger partial charge on any atom is 0.155 e. The number of carbonyl (C=O) groups is 1. The summed E-state index contributed by atoms with van der Waals surface area (Å²) in [6, 6.07) is 0. The molecule has 0 spiro atoms. The summed E-state index contributed by atoms with van der Waals surface area (Å²) in [5, 5.41) is 32.6. The monoisotopic (exact) mass is 352 g/mol. The van der Waals surface area contributed by atoms with Crippen LogP contribution in [0.1, 0.15) is 59.3 Å². The molecule has 5 heteroatoms. The number of aliphatic hydroxyl groups is 3. The summed E-state index contributed by atoms with van der Waals surface area (Å²) < 4.78 is 16.7. The Labute approximate surface area is 148 Å². The van der Waals surface area contributed by atoms with E-state index < -0.39 is 40.2 Å². The zero-order valence-electron chi connectivity index (χ0n) is 15.3. The Morgan fingerprint density at radius 1 is 1.16 bits per heavy atom. The molecule has 25 heavy (non-hydrogen) atoms. The molecule has 3 saturated carbocycles. The minimum atomic E-state index is -1.87. The Morgan fingerprint density at radius 3 is 2.52 bits per heavy atom. The Bertz CT molecular complexity index is 658. The van der Waals surface area contributed by atoms with Gasteiger partial charge in [-0.1, -0.05) is 13.8 Å². The highest BCUT2D eigenvalue weighted by molar-refractivity contribution is 5.92. The zero-order valence-corrected chi connectivity index (χ0v) is 15.3. The molecule has 4 aliphatic rings. The normalized spacial score (nSPS) is 58.2. The largest absolute Gasteiger partial charge is 0.390 e. The van der Waals surface area contributed by atoms with Gasteiger partial charge in [0.25, 0.3) is 0 Å². The highest BCUT2D eigenvalue weighted by atomic mass is 19.1. The Morgan fingerprint density at radius 2 is 1.84 bits per heavy atom. The quantitative estimate of drug-likeness (QED) is 0.625. The number of carbonyl (C=O) groups excluding carboxylic acids is 1. The van der Waals surface area contributed by atoms with Crippen LogP contribution in [0.25, 0.3) is 0 Å². The predicted octanol–water partition coefficient (Wildman–Crippen LogP) is 2.30. The van der Waals surface area contributed by atoms with Crippen molar-refractivity contribution in [3.8, 4) is 0 Å². The standard InChI is InChI=1S/C20H29FO4/c1-17-6-4-11(22)8-14(17)15(23)9-13-12-5-7-19(3,25)18(12,2)10-16(24)20(13,17)21/h8,12-13,15-16,23-25H,4-7,9-10H2,1-3H3/t12?,13?,15?,16?,17?,18?,19-,20-/m0/s1. The minimum Gasteiger partial charge on any atom is -0.390 e. The average Bonchev–Trinajstić information content (AvgIpc) is 2.75. The molecule has 0 aromatic carbocycles. The molecular weight excluding hydrogens is 323 g/mol. The summed E-state index contributed by atoms with van der Waals surface area (Å²) in [6.45, 7) is 5.51. The lowest BCUT2D eigenvalue weighted by atomic mass is 9.43. The van der Waals surface area contributed by atoms with Crippen molar-refractivity contribution in [1.29, 1.82) is 0 Å². The molecule has 0 bridgehead atoms. The van der Waals surface area contributed by atoms with Gasteiger partial charge in [0, 0.05) is 23.2 Å². The number of ketones is 1. The number of aliphatic hydroxyl groups excluding tert-OH is 2. The first-order valence-corrected chi connectivity index (χ1v) is 9.50. The summed E-state index contributed by atoms with van der Waals surface area (Å²) >= 11 is 0. The van der Waals surface area contributed by atoms with Crippen molar-refractivity contribution in [3.05, 3.63) is 11.6 Å². The lowest BCUT2D eigenvalue weighted by Crippen LogP contribution is -2.70. The number of alkyl halides is 1. The van der Waals surface area contributed by atoms with Crippen LogP contribution in [-0.4, -0.2) is 44.6 Å². The van der Waals surface area contributed by atoms with Gasteiger partial charge in [-0.25, -0.2) is 4.39 Å². The third kappa shape index (κ3) is 1.90. The van der Waals surface area contributed by atoms with Gasteiger partial charge in [-0.15, -0.1) is 0 Å². The van der Waals surface area contributed by atoms with Crippen molar-refractivity contribution in [3.63, 3.8) is 0 Å². The third-order valence-electron chi connectivity index (χ3n) is 8.63. The smallest absolute Gasteiger partial charge is 0.155 e. The zero-order chi connectivity index (χ0) is 18.4. The second-order valence-corrected chi connectivity index (χ2v) is 9.58. The molecule has 3 N–H and O–H groups in total. The van der Waals surface area contributed by atoms with Crippen LogP contribution in [0.5, 0.6) is 0 Å². The van der Waals surface area contributed by atoms with Crippen molar-refractivity contribution in [1.82, 2.24) is 0 Å². The van der Waals surface area contributed by atoms with E-state index in [1.54, 1.807) is 13.8 Å². The topological polar surface area (TPSA) is 77.8 Å². The van der Waals surface area contributed by atoms with E-state index in [1.807, 2.05) is 6.92 Å². The van der Waals surface area contributed by atoms with Crippen LogP contribution in [0.15, 0.2) is 11.6 Å². The first-order chi connectivity index (χ1) is 11.5. The maximum absolute atomic E-state index is 16.7. The van der Waals surface area contributed by atoms with Crippen LogP contribution < -0.4 is 0 Å². The van der Waals surface area contributed by atoms with Gasteiger partial charge in [-0.05, 0) is 56.6 Å². The van der Waals surface area contributed by atoms with E-state index >= 15 is 4.39 Å². The molecule has 4 rings (SSSR count). The number of rotatable bonds is 0. The molecule has 4 nitrogen and oxygen atoms in total. The van der Waals surface area contributed by atoms with Crippen molar-refractivity contribution in [2.75, 3.05) is 0 Å². The molecule has 140 valence electrons. The van der Waals surface area contributed by atoms with Crippen LogP contribution in [0.2, 0.25) is 0 Å². The van der Waals surface area contributed by atoms with E-state index in [0.29, 0.717) is 24.8 Å². The van der Waals surface area contributed by atoms with Crippen LogP contribution in [-0.2, 0) is 4.79 Å². The van der Waals surface area contributed by atoms with Crippen molar-refractivity contribution in [2.45, 2.75) is 82.8 Å². The van der Waals surface area contributed by atoms with Crippen LogP contribution in [0.4, 0.5) is 4.39 Å². The van der Waals surface area contributed by atoms with E-state index in [1.165, 1.54) is 6.08 Å². The molecule has 0 amide bonds. The van der Waals surface area contributed by atoms with Crippen LogP contribution in [0.3, 0.4) is 0 Å². The SMILES string of the molecule is CC12CCC(=O)C=C1C(O)CC1C3CC[C@](C)(O)C3(C)CC(O)[C@@]12F. The summed E-state index contributed by atoms with van der Waals surface area (Å²) in [4.78, 5) is 11.9. The molecule has 0 aliphatic heterocycles. The first kappa shape index (κ1) is 17.6. The fraction of sp³-hybridized carbons (Fsp3) is 0.850. The van der Waals surface area contributed by atoms with Crippen LogP contribution >= 0.6 is 0 Å². The number of fused-ring (bicyclic) bond motifs is 5. The molecular formula is C20H29FO4. The van der Waals surface area contributed by atoms with Crippen molar-refractivity contribution >= 4 is 5.78 Å². The fourth-order valence-electron chi connectivity index (χ4n) is 6.83. The highest BCUT2D eigenvalue weighted by Gasteiger charge is 2.73. The van der Waals surface area contributed by atoms with Crippen molar-refractivity contribution in [2.24, 2.45) is 22.7 Å². The second-order valence-electron chi connectivity index (χ2n) is 9.58. The summed E-state index contributed by atoms with van der Waals surface area (Å²) in [7, 11) is 0. The lowest BCUT2D eigenvalue weighted by Gasteiger charge is -2.64. The Kier molecular flexibility index (Phi) is 3.48. The predicted molar refractivity (Wildman–Crippen MR) is 90.5 cm³/mol.